The number of aromatic nitrogens is 2. The summed E-state index contributed by atoms with van der Waals surface area (Å²) < 4.78 is 32.7. The maximum atomic E-state index is 13.2. The van der Waals surface area contributed by atoms with Crippen molar-refractivity contribution in [1.29, 1.82) is 0 Å². The SMILES string of the molecule is O=C(c1ccc(S(=O)(=O)NCc2ccco2)cc1)N1CCCC1c1nc2ccccc2[nH]1. The molecule has 2 aromatic carbocycles. The van der Waals surface area contributed by atoms with Crippen LogP contribution < -0.4 is 4.72 Å². The Hall–Kier alpha value is -3.43. The van der Waals surface area contributed by atoms with E-state index >= 15 is 0 Å². The van der Waals surface area contributed by atoms with Crippen molar-refractivity contribution in [3.05, 3.63) is 84.1 Å². The third-order valence-electron chi connectivity index (χ3n) is 5.67. The monoisotopic (exact) mass is 450 g/mol. The molecule has 0 aliphatic carbocycles. The highest BCUT2D eigenvalue weighted by Crippen LogP contribution is 2.32. The number of sulfonamides is 1. The lowest BCUT2D eigenvalue weighted by molar-refractivity contribution is 0.0730. The molecule has 0 radical (unpaired) electrons. The molecule has 1 saturated heterocycles. The van der Waals surface area contributed by atoms with Gasteiger partial charge in [0.15, 0.2) is 0 Å². The number of imidazole rings is 1. The van der Waals surface area contributed by atoms with Crippen LogP contribution in [0.15, 0.2) is 76.2 Å². The Labute approximate surface area is 185 Å². The summed E-state index contributed by atoms with van der Waals surface area (Å²) in [6, 6.07) is 17.0. The zero-order valence-corrected chi connectivity index (χ0v) is 18.0. The van der Waals surface area contributed by atoms with E-state index in [4.69, 9.17) is 4.42 Å². The van der Waals surface area contributed by atoms with Crippen LogP contribution in [0.25, 0.3) is 11.0 Å². The van der Waals surface area contributed by atoms with Crippen LogP contribution >= 0.6 is 0 Å². The number of furan rings is 1. The fraction of sp³-hybridized carbons (Fsp3) is 0.217. The van der Waals surface area contributed by atoms with Gasteiger partial charge in [0, 0.05) is 12.1 Å². The van der Waals surface area contributed by atoms with Gasteiger partial charge in [-0.2, -0.15) is 0 Å². The lowest BCUT2D eigenvalue weighted by Crippen LogP contribution is -2.31. The van der Waals surface area contributed by atoms with Crippen molar-refractivity contribution in [3.8, 4) is 0 Å². The van der Waals surface area contributed by atoms with Crippen LogP contribution in [0, 0.1) is 0 Å². The first-order valence-electron chi connectivity index (χ1n) is 10.4. The average Bonchev–Trinajstić information content (AvgIpc) is 3.57. The number of amides is 1. The van der Waals surface area contributed by atoms with Crippen LogP contribution in [0.2, 0.25) is 0 Å². The predicted octanol–water partition coefficient (Wildman–Crippen LogP) is 3.61. The first-order chi connectivity index (χ1) is 15.5. The molecule has 2 aromatic heterocycles. The van der Waals surface area contributed by atoms with Crippen molar-refractivity contribution >= 4 is 27.0 Å². The Balaban J connectivity index is 1.32. The van der Waals surface area contributed by atoms with E-state index < -0.39 is 10.0 Å². The van der Waals surface area contributed by atoms with Crippen LogP contribution in [0.1, 0.15) is 40.8 Å². The molecule has 1 unspecified atom stereocenters. The second kappa shape index (κ2) is 8.25. The van der Waals surface area contributed by atoms with Gasteiger partial charge in [-0.3, -0.25) is 4.79 Å². The fourth-order valence-electron chi connectivity index (χ4n) is 4.03. The maximum Gasteiger partial charge on any atom is 0.254 e. The molecule has 1 atom stereocenters. The van der Waals surface area contributed by atoms with Crippen molar-refractivity contribution in [1.82, 2.24) is 19.6 Å². The highest BCUT2D eigenvalue weighted by atomic mass is 32.2. The van der Waals surface area contributed by atoms with Gasteiger partial charge in [-0.25, -0.2) is 18.1 Å². The van der Waals surface area contributed by atoms with E-state index in [1.165, 1.54) is 18.4 Å². The Bertz CT molecular complexity index is 1310. The second-order valence-corrected chi connectivity index (χ2v) is 9.49. The highest BCUT2D eigenvalue weighted by Gasteiger charge is 2.32. The molecule has 8 nitrogen and oxygen atoms in total. The van der Waals surface area contributed by atoms with Crippen molar-refractivity contribution in [2.45, 2.75) is 30.3 Å². The third kappa shape index (κ3) is 3.92. The molecule has 32 heavy (non-hydrogen) atoms. The van der Waals surface area contributed by atoms with E-state index in [-0.39, 0.29) is 23.4 Å². The minimum atomic E-state index is -3.72. The number of carbonyl (C=O) groups excluding carboxylic acids is 1. The lowest BCUT2D eigenvalue weighted by Gasteiger charge is -2.23. The van der Waals surface area contributed by atoms with Gasteiger partial charge in [0.1, 0.15) is 11.6 Å². The molecule has 1 amide bonds. The first-order valence-corrected chi connectivity index (χ1v) is 11.9. The van der Waals surface area contributed by atoms with Gasteiger partial charge < -0.3 is 14.3 Å². The quantitative estimate of drug-likeness (QED) is 0.467. The number of fused-ring (bicyclic) bond motifs is 1. The Morgan fingerprint density at radius 1 is 1.12 bits per heavy atom. The van der Waals surface area contributed by atoms with Crippen LogP contribution in [-0.2, 0) is 16.6 Å². The van der Waals surface area contributed by atoms with E-state index in [1.54, 1.807) is 29.2 Å². The van der Waals surface area contributed by atoms with Crippen LogP contribution in [0.5, 0.6) is 0 Å². The zero-order chi connectivity index (χ0) is 22.1. The number of benzene rings is 2. The molecule has 3 heterocycles. The molecule has 0 spiro atoms. The molecule has 9 heteroatoms. The number of likely N-dealkylation sites (tertiary alicyclic amines) is 1. The third-order valence-corrected chi connectivity index (χ3v) is 7.08. The number of aromatic amines is 1. The summed E-state index contributed by atoms with van der Waals surface area (Å²) in [5, 5.41) is 0. The Morgan fingerprint density at radius 3 is 2.69 bits per heavy atom. The topological polar surface area (TPSA) is 108 Å². The smallest absolute Gasteiger partial charge is 0.254 e. The highest BCUT2D eigenvalue weighted by molar-refractivity contribution is 7.89. The molecular formula is C23H22N4O4S. The maximum absolute atomic E-state index is 13.2. The lowest BCUT2D eigenvalue weighted by atomic mass is 10.1. The van der Waals surface area contributed by atoms with E-state index in [1.807, 2.05) is 24.3 Å². The van der Waals surface area contributed by atoms with E-state index in [9.17, 15) is 13.2 Å². The number of rotatable bonds is 6. The van der Waals surface area contributed by atoms with Gasteiger partial charge in [0.05, 0.1) is 34.8 Å². The number of nitrogens with one attached hydrogen (secondary N) is 2. The largest absolute Gasteiger partial charge is 0.468 e. The van der Waals surface area contributed by atoms with Gasteiger partial charge >= 0.3 is 0 Å². The van der Waals surface area contributed by atoms with Crippen LogP contribution in [0.4, 0.5) is 0 Å². The predicted molar refractivity (Wildman–Crippen MR) is 118 cm³/mol. The summed E-state index contributed by atoms with van der Waals surface area (Å²) in [4.78, 5) is 23.1. The number of H-pyrrole nitrogens is 1. The van der Waals surface area contributed by atoms with Crippen molar-refractivity contribution in [2.24, 2.45) is 0 Å². The Kier molecular flexibility index (Phi) is 5.28. The zero-order valence-electron chi connectivity index (χ0n) is 17.2. The Morgan fingerprint density at radius 2 is 1.94 bits per heavy atom. The van der Waals surface area contributed by atoms with Gasteiger partial charge in [-0.15, -0.1) is 0 Å². The van der Waals surface area contributed by atoms with E-state index in [0.717, 1.165) is 29.7 Å². The number of hydrogen-bond acceptors (Lipinski definition) is 5. The molecular weight excluding hydrogens is 428 g/mol. The normalized spacial score (nSPS) is 16.6. The number of para-hydroxylation sites is 2. The van der Waals surface area contributed by atoms with E-state index in [2.05, 4.69) is 14.7 Å². The van der Waals surface area contributed by atoms with Crippen molar-refractivity contribution in [2.75, 3.05) is 6.54 Å². The summed E-state index contributed by atoms with van der Waals surface area (Å²) in [5.41, 5.74) is 2.26. The van der Waals surface area contributed by atoms with Gasteiger partial charge in [-0.05, 0) is 61.4 Å². The fourth-order valence-corrected chi connectivity index (χ4v) is 5.02. The summed E-state index contributed by atoms with van der Waals surface area (Å²) in [6.07, 6.45) is 3.20. The molecule has 4 aromatic rings. The summed E-state index contributed by atoms with van der Waals surface area (Å²) in [5.74, 6) is 1.16. The molecule has 164 valence electrons. The van der Waals surface area contributed by atoms with Gasteiger partial charge in [0.2, 0.25) is 10.0 Å². The number of carbonyl (C=O) groups is 1. The minimum Gasteiger partial charge on any atom is -0.468 e. The first kappa shape index (κ1) is 20.5. The van der Waals surface area contributed by atoms with Crippen LogP contribution in [-0.4, -0.2) is 35.7 Å². The van der Waals surface area contributed by atoms with E-state index in [0.29, 0.717) is 17.9 Å². The summed E-state index contributed by atoms with van der Waals surface area (Å²) in [7, 11) is -3.72. The molecule has 1 fully saturated rings. The van der Waals surface area contributed by atoms with Gasteiger partial charge in [0.25, 0.3) is 5.91 Å². The molecule has 0 saturated carbocycles. The van der Waals surface area contributed by atoms with Gasteiger partial charge in [-0.1, -0.05) is 12.1 Å². The molecule has 0 bridgehead atoms. The number of hydrogen-bond donors (Lipinski definition) is 2. The second-order valence-electron chi connectivity index (χ2n) is 7.72. The average molecular weight is 451 g/mol. The minimum absolute atomic E-state index is 0.0585. The van der Waals surface area contributed by atoms with Crippen molar-refractivity contribution < 1.29 is 17.6 Å². The molecule has 1 aliphatic rings. The molecule has 1 aliphatic heterocycles. The van der Waals surface area contributed by atoms with Crippen LogP contribution in [0.3, 0.4) is 0 Å². The standard InChI is InChI=1S/C23H22N4O4S/c28-23(27-13-3-8-21(27)22-25-19-6-1-2-7-20(19)26-22)16-9-11-18(12-10-16)32(29,30)24-15-17-5-4-14-31-17/h1-2,4-7,9-12,14,21,24H,3,8,13,15H2,(H,25,26). The summed E-state index contributed by atoms with van der Waals surface area (Å²) in [6.45, 7) is 0.689. The number of nitrogens with zero attached hydrogens (tertiary/aromatic N) is 2. The molecule has 5 rings (SSSR count). The summed E-state index contributed by atoms with van der Waals surface area (Å²) >= 11 is 0. The van der Waals surface area contributed by atoms with Crippen molar-refractivity contribution in [3.63, 3.8) is 0 Å². The molecule has 2 N–H and O–H groups in total.